The maximum atomic E-state index is 2.40. The van der Waals surface area contributed by atoms with E-state index in [4.69, 9.17) is 0 Å². The van der Waals surface area contributed by atoms with Crippen LogP contribution in [0.4, 0.5) is 0 Å². The minimum absolute atomic E-state index is 0. The van der Waals surface area contributed by atoms with E-state index in [-0.39, 0.29) is 24.8 Å². The van der Waals surface area contributed by atoms with E-state index in [9.17, 15) is 0 Å². The molecule has 83 valence electrons. The van der Waals surface area contributed by atoms with Gasteiger partial charge in [0.25, 0.3) is 0 Å². The smallest absolute Gasteiger partial charge is 1.00 e. The van der Waals surface area contributed by atoms with Gasteiger partial charge in [0, 0.05) is 0 Å². The molecule has 0 amide bonds. The summed E-state index contributed by atoms with van der Waals surface area (Å²) in [6.07, 6.45) is 2.40. The van der Waals surface area contributed by atoms with Gasteiger partial charge in [-0.3, -0.25) is 0 Å². The molecule has 0 spiro atoms. The van der Waals surface area contributed by atoms with E-state index in [2.05, 4.69) is 50.3 Å². The summed E-state index contributed by atoms with van der Waals surface area (Å²) in [5.74, 6) is 0.664. The van der Waals surface area contributed by atoms with Crippen molar-refractivity contribution in [3.05, 3.63) is 50.9 Å². The van der Waals surface area contributed by atoms with Gasteiger partial charge in [0.15, 0.2) is 0 Å². The van der Waals surface area contributed by atoms with Gasteiger partial charge < -0.3 is 24.8 Å². The summed E-state index contributed by atoms with van der Waals surface area (Å²) in [5, 5.41) is 0. The van der Waals surface area contributed by atoms with Crippen molar-refractivity contribution in [2.24, 2.45) is 5.92 Å². The molecule has 0 aliphatic heterocycles. The fourth-order valence-electron chi connectivity index (χ4n) is 1.88. The molecule has 1 aromatic carbocycles. The number of rotatable bonds is 1. The van der Waals surface area contributed by atoms with Gasteiger partial charge in [0.1, 0.15) is 0 Å². The van der Waals surface area contributed by atoms with Crippen molar-refractivity contribution in [2.75, 3.05) is 0 Å². The third kappa shape index (κ3) is 3.09. The van der Waals surface area contributed by atoms with E-state index in [1.807, 2.05) is 0 Å². The molecule has 1 unspecified atom stereocenters. The quantitative estimate of drug-likeness (QED) is 0.444. The van der Waals surface area contributed by atoms with E-state index in [0.717, 1.165) is 0 Å². The Kier molecular flexibility index (Phi) is 6.84. The molecule has 16 heavy (non-hydrogen) atoms. The third-order valence-corrected chi connectivity index (χ3v) is 5.75. The summed E-state index contributed by atoms with van der Waals surface area (Å²) in [5.41, 5.74) is 4.32. The van der Waals surface area contributed by atoms with Gasteiger partial charge in [0.05, 0.1) is 0 Å². The first-order valence-electron chi connectivity index (χ1n) is 4.90. The van der Waals surface area contributed by atoms with Crippen LogP contribution in [0.25, 0.3) is 5.57 Å². The largest absolute Gasteiger partial charge is 1.00 e. The molecule has 0 N–H and O–H groups in total. The molecule has 0 bridgehead atoms. The van der Waals surface area contributed by atoms with Crippen molar-refractivity contribution in [1.29, 1.82) is 0 Å². The van der Waals surface area contributed by atoms with Gasteiger partial charge in [-0.05, 0) is 0 Å². The molecule has 0 radical (unpaired) electrons. The summed E-state index contributed by atoms with van der Waals surface area (Å²) in [4.78, 5) is 0. The van der Waals surface area contributed by atoms with Crippen molar-refractivity contribution in [1.82, 2.24) is 0 Å². The number of halogens is 2. The molecule has 0 aromatic heterocycles. The minimum Gasteiger partial charge on any atom is -1.00 e. The van der Waals surface area contributed by atoms with Gasteiger partial charge in [-0.25, -0.2) is 0 Å². The predicted molar refractivity (Wildman–Crippen MR) is 56.3 cm³/mol. The van der Waals surface area contributed by atoms with E-state index in [0.29, 0.717) is 5.92 Å². The van der Waals surface area contributed by atoms with E-state index in [1.165, 1.54) is 41.1 Å². The average molecular weight is 419 g/mol. The van der Waals surface area contributed by atoms with Crippen LogP contribution in [0.1, 0.15) is 19.4 Å². The van der Waals surface area contributed by atoms with Crippen LogP contribution < -0.4 is 24.8 Å². The first-order valence-corrected chi connectivity index (χ1v) is 6.70. The first kappa shape index (κ1) is 16.2. The maximum absolute atomic E-state index is 2.40. The van der Waals surface area contributed by atoms with Crippen molar-refractivity contribution in [2.45, 2.75) is 13.8 Å². The van der Waals surface area contributed by atoms with Crippen LogP contribution >= 0.6 is 0 Å². The zero-order valence-electron chi connectivity index (χ0n) is 9.30. The SMILES string of the molecule is CC1=[C]([Hf+2])C(C)C=C1c1ccccc1.[Cl-].[Cl-]. The van der Waals surface area contributed by atoms with Crippen LogP contribution in [-0.2, 0) is 24.4 Å². The molecule has 0 nitrogen and oxygen atoms in total. The molecule has 1 atom stereocenters. The summed E-state index contributed by atoms with van der Waals surface area (Å²) in [7, 11) is 0. The Morgan fingerprint density at radius 2 is 1.62 bits per heavy atom. The van der Waals surface area contributed by atoms with Crippen molar-refractivity contribution in [3.63, 3.8) is 0 Å². The fourth-order valence-corrected chi connectivity index (χ4v) is 2.66. The van der Waals surface area contributed by atoms with Gasteiger partial charge in [-0.1, -0.05) is 0 Å². The van der Waals surface area contributed by atoms with Gasteiger partial charge in [0.2, 0.25) is 0 Å². The number of hydrogen-bond acceptors (Lipinski definition) is 0. The van der Waals surface area contributed by atoms with Crippen LogP contribution in [-0.4, -0.2) is 0 Å². The van der Waals surface area contributed by atoms with Crippen molar-refractivity contribution < 1.29 is 49.2 Å². The summed E-state index contributed by atoms with van der Waals surface area (Å²) in [6, 6.07) is 10.7. The normalized spacial score (nSPS) is 18.8. The molecular formula is C13H13Cl2Hf. The van der Waals surface area contributed by atoms with Crippen LogP contribution in [0.5, 0.6) is 0 Å². The summed E-state index contributed by atoms with van der Waals surface area (Å²) < 4.78 is 1.64. The number of hydrogen-bond donors (Lipinski definition) is 0. The maximum Gasteiger partial charge on any atom is -1.00 e. The number of allylic oxidation sites excluding steroid dienone is 4. The summed E-state index contributed by atoms with van der Waals surface area (Å²) in [6.45, 7) is 4.55. The molecular weight excluding hydrogens is 406 g/mol. The van der Waals surface area contributed by atoms with Crippen LogP contribution in [0.2, 0.25) is 0 Å². The Balaban J connectivity index is 0.00000112. The molecule has 0 heterocycles. The third-order valence-electron chi connectivity index (χ3n) is 2.76. The van der Waals surface area contributed by atoms with Crippen LogP contribution in [0.3, 0.4) is 0 Å². The van der Waals surface area contributed by atoms with Crippen LogP contribution in [0, 0.1) is 5.92 Å². The monoisotopic (exact) mass is 419 g/mol. The van der Waals surface area contributed by atoms with E-state index >= 15 is 0 Å². The Bertz CT molecular complexity index is 407. The molecule has 0 fully saturated rings. The topological polar surface area (TPSA) is 0 Å². The van der Waals surface area contributed by atoms with Crippen molar-refractivity contribution >= 4 is 5.57 Å². The van der Waals surface area contributed by atoms with Gasteiger partial charge >= 0.3 is 101 Å². The molecule has 2 rings (SSSR count). The van der Waals surface area contributed by atoms with E-state index < -0.39 is 0 Å². The van der Waals surface area contributed by atoms with E-state index in [1.54, 1.807) is 3.33 Å². The molecule has 1 aromatic rings. The predicted octanol–water partition coefficient (Wildman–Crippen LogP) is -2.45. The summed E-state index contributed by atoms with van der Waals surface area (Å²) >= 11 is 1.19. The Morgan fingerprint density at radius 1 is 1.06 bits per heavy atom. The number of benzene rings is 1. The standard InChI is InChI=1S/C13H13.2ClH.Hf/c1-10-8-11(2)13(9-10)12-6-4-3-5-7-12;;;/h3-7,9-10H,1-2H3;2*1H;/q;;;+2/p-2. The van der Waals surface area contributed by atoms with Gasteiger partial charge in [-0.15, -0.1) is 0 Å². The second-order valence-electron chi connectivity index (χ2n) is 3.77. The average Bonchev–Trinajstić information content (AvgIpc) is 2.47. The molecule has 1 aliphatic rings. The van der Waals surface area contributed by atoms with Crippen molar-refractivity contribution in [3.8, 4) is 0 Å². The molecule has 3 heteroatoms. The minimum atomic E-state index is 0. The molecule has 0 saturated carbocycles. The zero-order valence-corrected chi connectivity index (χ0v) is 14.4. The Morgan fingerprint density at radius 3 is 2.06 bits per heavy atom. The fraction of sp³-hybridized carbons (Fsp3) is 0.231. The van der Waals surface area contributed by atoms with Crippen LogP contribution in [0.15, 0.2) is 45.3 Å². The van der Waals surface area contributed by atoms with Gasteiger partial charge in [-0.2, -0.15) is 0 Å². The Hall–Kier alpha value is 0.150. The second-order valence-corrected chi connectivity index (χ2v) is 5.71. The molecule has 1 aliphatic carbocycles. The molecule has 0 saturated heterocycles. The Labute approximate surface area is 125 Å². The zero-order chi connectivity index (χ0) is 10.1. The first-order chi connectivity index (χ1) is 6.70. The second kappa shape index (κ2) is 6.78.